The van der Waals surface area contributed by atoms with Crippen LogP contribution in [0, 0.1) is 12.1 Å². The van der Waals surface area contributed by atoms with Gasteiger partial charge in [0.15, 0.2) is 0 Å². The number of hydrogen-bond acceptors (Lipinski definition) is 1. The van der Waals surface area contributed by atoms with Gasteiger partial charge in [-0.15, -0.1) is 4.39 Å². The number of rotatable bonds is 0. The van der Waals surface area contributed by atoms with Gasteiger partial charge in [-0.25, -0.2) is 4.39 Å². The summed E-state index contributed by atoms with van der Waals surface area (Å²) in [7, 11) is 0. The molecule has 1 N–H and O–H groups in total. The first kappa shape index (κ1) is 5.38. The average Bonchev–Trinajstić information content (AvgIpc) is 1.35. The van der Waals surface area contributed by atoms with Gasteiger partial charge in [-0.1, -0.05) is 0 Å². The fraction of sp³-hybridized carbons (Fsp3) is 0.333. The van der Waals surface area contributed by atoms with Crippen LogP contribution >= 0.6 is 0 Å². The molecule has 0 fully saturated rings. The molecule has 1 nitrogen and oxygen atoms in total. The van der Waals surface area contributed by atoms with Gasteiger partial charge in [-0.2, -0.15) is 0 Å². The van der Waals surface area contributed by atoms with E-state index in [4.69, 9.17) is 5.11 Å². The standard InChI is InChI=1S/C3H2F2O/c4-2-1-3(5)6/h3,6H. The van der Waals surface area contributed by atoms with Crippen molar-refractivity contribution in [3.8, 4) is 12.1 Å². The minimum Gasteiger partial charge on any atom is -0.354 e. The van der Waals surface area contributed by atoms with Crippen molar-refractivity contribution in [3.05, 3.63) is 0 Å². The summed E-state index contributed by atoms with van der Waals surface area (Å²) in [6.45, 7) is 0. The fourth-order valence-corrected chi connectivity index (χ4v) is 0.0450. The maximum absolute atomic E-state index is 10.8. The Morgan fingerprint density at radius 2 is 2.17 bits per heavy atom. The van der Waals surface area contributed by atoms with E-state index in [1.807, 2.05) is 0 Å². The van der Waals surface area contributed by atoms with Crippen molar-refractivity contribution < 1.29 is 13.9 Å². The van der Waals surface area contributed by atoms with Gasteiger partial charge in [0.25, 0.3) is 6.36 Å². The van der Waals surface area contributed by atoms with Crippen molar-refractivity contribution in [2.75, 3.05) is 0 Å². The van der Waals surface area contributed by atoms with E-state index in [1.165, 1.54) is 5.92 Å². The predicted molar refractivity (Wildman–Crippen MR) is 16.0 cm³/mol. The molecule has 3 heteroatoms. The summed E-state index contributed by atoms with van der Waals surface area (Å²) in [6, 6.07) is 0. The van der Waals surface area contributed by atoms with Crippen LogP contribution in [0.4, 0.5) is 8.78 Å². The lowest BCUT2D eigenvalue weighted by molar-refractivity contribution is 0.0972. The van der Waals surface area contributed by atoms with Gasteiger partial charge in [-0.3, -0.25) is 0 Å². The van der Waals surface area contributed by atoms with Gasteiger partial charge in [-0.05, 0) is 5.92 Å². The maximum atomic E-state index is 10.8. The maximum Gasteiger partial charge on any atom is 0.262 e. The van der Waals surface area contributed by atoms with Crippen molar-refractivity contribution in [1.29, 1.82) is 0 Å². The first-order chi connectivity index (χ1) is 2.77. The quantitative estimate of drug-likeness (QED) is 0.423. The molecule has 0 amide bonds. The van der Waals surface area contributed by atoms with Crippen LogP contribution in [-0.2, 0) is 0 Å². The first-order valence-corrected chi connectivity index (χ1v) is 1.20. The Morgan fingerprint density at radius 3 is 2.17 bits per heavy atom. The molecule has 0 aliphatic rings. The summed E-state index contributed by atoms with van der Waals surface area (Å²) >= 11 is 0. The van der Waals surface area contributed by atoms with Gasteiger partial charge < -0.3 is 5.11 Å². The van der Waals surface area contributed by atoms with Crippen molar-refractivity contribution in [2.24, 2.45) is 0 Å². The van der Waals surface area contributed by atoms with Crippen LogP contribution in [0.3, 0.4) is 0 Å². The molecule has 0 saturated carbocycles. The van der Waals surface area contributed by atoms with E-state index in [0.29, 0.717) is 6.17 Å². The molecule has 0 aromatic carbocycles. The molecule has 0 aromatic rings. The van der Waals surface area contributed by atoms with Gasteiger partial charge in [0.05, 0.1) is 0 Å². The normalized spacial score (nSPS) is 11.8. The Balaban J connectivity index is 3.20. The van der Waals surface area contributed by atoms with Crippen LogP contribution in [0.25, 0.3) is 0 Å². The number of halogens is 2. The molecule has 34 valence electrons. The molecular formula is C3H2F2O. The van der Waals surface area contributed by atoms with E-state index in [2.05, 4.69) is 0 Å². The van der Waals surface area contributed by atoms with Crippen molar-refractivity contribution in [2.45, 2.75) is 6.36 Å². The summed E-state index contributed by atoms with van der Waals surface area (Å²) < 4.78 is 21.3. The smallest absolute Gasteiger partial charge is 0.262 e. The van der Waals surface area contributed by atoms with Crippen molar-refractivity contribution in [3.63, 3.8) is 0 Å². The molecule has 0 aliphatic heterocycles. The Kier molecular flexibility index (Phi) is 2.34. The molecule has 0 radical (unpaired) electrons. The highest BCUT2D eigenvalue weighted by molar-refractivity contribution is 4.92. The molecule has 0 spiro atoms. The zero-order valence-corrected chi connectivity index (χ0v) is 2.78. The third-order valence-electron chi connectivity index (χ3n) is 0.174. The predicted octanol–water partition coefficient (Wildman–Crippen LogP) is 0.205. The summed E-state index contributed by atoms with van der Waals surface area (Å²) in [5, 5.41) is 7.47. The first-order valence-electron chi connectivity index (χ1n) is 1.20. The Hall–Kier alpha value is -0.620. The van der Waals surface area contributed by atoms with Gasteiger partial charge >= 0.3 is 0 Å². The fourth-order valence-electron chi connectivity index (χ4n) is 0.0450. The Bertz CT molecular complexity index is 78.5. The van der Waals surface area contributed by atoms with E-state index in [-0.39, 0.29) is 0 Å². The molecule has 1 unspecified atom stereocenters. The monoisotopic (exact) mass is 92.0 g/mol. The summed E-state index contributed by atoms with van der Waals surface area (Å²) in [4.78, 5) is 0. The Labute approximate surface area is 33.6 Å². The Morgan fingerprint density at radius 1 is 1.67 bits per heavy atom. The molecule has 0 bridgehead atoms. The number of aliphatic hydroxyl groups excluding tert-OH is 1. The van der Waals surface area contributed by atoms with Gasteiger partial charge in [0.1, 0.15) is 6.17 Å². The lowest BCUT2D eigenvalue weighted by atomic mass is 10.7. The molecule has 0 aromatic heterocycles. The SMILES string of the molecule is OC(F)C#CF. The lowest BCUT2D eigenvalue weighted by Crippen LogP contribution is -1.88. The average molecular weight is 92.0 g/mol. The van der Waals surface area contributed by atoms with Crippen LogP contribution in [0.5, 0.6) is 0 Å². The third-order valence-corrected chi connectivity index (χ3v) is 0.174. The number of alkyl halides is 1. The number of aliphatic hydroxyl groups is 1. The minimum atomic E-state index is -2.34. The second kappa shape index (κ2) is 2.61. The number of hydrogen-bond donors (Lipinski definition) is 1. The molecule has 0 heterocycles. The lowest BCUT2D eigenvalue weighted by Gasteiger charge is -1.76. The van der Waals surface area contributed by atoms with Crippen LogP contribution < -0.4 is 0 Å². The van der Waals surface area contributed by atoms with Crippen LogP contribution in [0.1, 0.15) is 0 Å². The molecule has 6 heavy (non-hydrogen) atoms. The highest BCUT2D eigenvalue weighted by Gasteiger charge is 1.84. The molecule has 0 aliphatic carbocycles. The highest BCUT2D eigenvalue weighted by Crippen LogP contribution is 1.75. The largest absolute Gasteiger partial charge is 0.354 e. The molecule has 0 saturated heterocycles. The summed E-state index contributed by atoms with van der Waals surface area (Å²) in [5.74, 6) is 1.18. The van der Waals surface area contributed by atoms with Crippen LogP contribution in [-0.4, -0.2) is 11.5 Å². The van der Waals surface area contributed by atoms with E-state index in [9.17, 15) is 8.78 Å². The van der Waals surface area contributed by atoms with Gasteiger partial charge in [0.2, 0.25) is 0 Å². The topological polar surface area (TPSA) is 20.2 Å². The highest BCUT2D eigenvalue weighted by atomic mass is 19.1. The zero-order chi connectivity index (χ0) is 4.99. The second-order valence-corrected chi connectivity index (χ2v) is 0.575. The second-order valence-electron chi connectivity index (χ2n) is 0.575. The molecule has 0 rings (SSSR count). The van der Waals surface area contributed by atoms with E-state index < -0.39 is 6.36 Å². The summed E-state index contributed by atoms with van der Waals surface area (Å²) in [5.41, 5.74) is 0. The van der Waals surface area contributed by atoms with E-state index >= 15 is 0 Å². The van der Waals surface area contributed by atoms with E-state index in [0.717, 1.165) is 0 Å². The third kappa shape index (κ3) is 3.38. The summed E-state index contributed by atoms with van der Waals surface area (Å²) in [6.07, 6.45) is -1.65. The van der Waals surface area contributed by atoms with Crippen molar-refractivity contribution >= 4 is 0 Å². The van der Waals surface area contributed by atoms with Gasteiger partial charge in [0, 0.05) is 0 Å². The van der Waals surface area contributed by atoms with Crippen LogP contribution in [0.15, 0.2) is 0 Å². The minimum absolute atomic E-state index is 0.692. The molecular weight excluding hydrogens is 90.0 g/mol. The van der Waals surface area contributed by atoms with E-state index in [1.54, 1.807) is 0 Å². The van der Waals surface area contributed by atoms with Crippen molar-refractivity contribution in [1.82, 2.24) is 0 Å². The molecule has 1 atom stereocenters. The van der Waals surface area contributed by atoms with Crippen LogP contribution in [0.2, 0.25) is 0 Å². The zero-order valence-electron chi connectivity index (χ0n) is 2.78.